The highest BCUT2D eigenvalue weighted by Gasteiger charge is 2.28. The Bertz CT molecular complexity index is 874. The zero-order valence-electron chi connectivity index (χ0n) is 16.8. The Balaban J connectivity index is 1.34. The molecule has 30 heavy (non-hydrogen) atoms. The van der Waals surface area contributed by atoms with Gasteiger partial charge in [-0.05, 0) is 49.1 Å². The average Bonchev–Trinajstić information content (AvgIpc) is 3.29. The minimum Gasteiger partial charge on any atom is -0.468 e. The summed E-state index contributed by atoms with van der Waals surface area (Å²) in [6.07, 6.45) is 4.45. The maximum atomic E-state index is 12.2. The third-order valence-electron chi connectivity index (χ3n) is 5.29. The molecule has 1 aliphatic heterocycles. The van der Waals surface area contributed by atoms with Gasteiger partial charge in [-0.1, -0.05) is 12.1 Å². The number of hydrogen-bond acceptors (Lipinski definition) is 5. The van der Waals surface area contributed by atoms with E-state index in [-0.39, 0.29) is 24.4 Å². The van der Waals surface area contributed by atoms with Crippen molar-refractivity contribution in [3.63, 3.8) is 0 Å². The van der Waals surface area contributed by atoms with E-state index in [1.165, 1.54) is 4.90 Å². The van der Waals surface area contributed by atoms with Crippen molar-refractivity contribution in [3.05, 3.63) is 59.5 Å². The molecule has 0 spiro atoms. The molecule has 0 bridgehead atoms. The fourth-order valence-corrected chi connectivity index (χ4v) is 3.49. The predicted octanol–water partition coefficient (Wildman–Crippen LogP) is 2.12. The lowest BCUT2D eigenvalue weighted by Crippen LogP contribution is -2.34. The molecule has 1 aromatic heterocycles. The van der Waals surface area contributed by atoms with Crippen LogP contribution in [-0.4, -0.2) is 53.3 Å². The van der Waals surface area contributed by atoms with Crippen LogP contribution in [0.4, 0.5) is 4.79 Å². The lowest BCUT2D eigenvalue weighted by Gasteiger charge is -2.22. The molecule has 2 fully saturated rings. The predicted molar refractivity (Wildman–Crippen MR) is 109 cm³/mol. The summed E-state index contributed by atoms with van der Waals surface area (Å²) in [4.78, 5) is 39.1. The van der Waals surface area contributed by atoms with Gasteiger partial charge in [0, 0.05) is 31.2 Å². The van der Waals surface area contributed by atoms with E-state index >= 15 is 0 Å². The molecule has 2 aliphatic rings. The van der Waals surface area contributed by atoms with Crippen LogP contribution in [0.25, 0.3) is 0 Å². The van der Waals surface area contributed by atoms with Crippen molar-refractivity contribution in [2.45, 2.75) is 38.4 Å². The molecule has 0 atom stereocenters. The average molecular weight is 410 g/mol. The first kappa shape index (κ1) is 20.2. The Morgan fingerprint density at radius 1 is 1.17 bits per heavy atom. The van der Waals surface area contributed by atoms with Gasteiger partial charge in [-0.2, -0.15) is 0 Å². The number of hydrogen-bond donors (Lipinski definition) is 2. The SMILES string of the molecule is O=C(NC1CC1)c1ccc(CN(CCCN2C(=O)CNC2=O)Cc2ccco2)cc1. The van der Waals surface area contributed by atoms with Crippen molar-refractivity contribution in [3.8, 4) is 0 Å². The van der Waals surface area contributed by atoms with Gasteiger partial charge in [0.25, 0.3) is 5.91 Å². The summed E-state index contributed by atoms with van der Waals surface area (Å²) >= 11 is 0. The van der Waals surface area contributed by atoms with Crippen molar-refractivity contribution in [1.82, 2.24) is 20.4 Å². The molecule has 1 saturated carbocycles. The van der Waals surface area contributed by atoms with Crippen LogP contribution >= 0.6 is 0 Å². The normalized spacial score (nSPS) is 16.2. The zero-order valence-corrected chi connectivity index (χ0v) is 16.8. The number of carbonyl (C=O) groups excluding carboxylic acids is 3. The molecular formula is C22H26N4O4. The highest BCUT2D eigenvalue weighted by atomic mass is 16.3. The molecule has 2 heterocycles. The minimum absolute atomic E-state index is 0.0231. The molecule has 158 valence electrons. The number of nitrogens with zero attached hydrogens (tertiary/aromatic N) is 2. The fraction of sp³-hybridized carbons (Fsp3) is 0.409. The smallest absolute Gasteiger partial charge is 0.324 e. The third kappa shape index (κ3) is 5.27. The van der Waals surface area contributed by atoms with Crippen molar-refractivity contribution in [2.24, 2.45) is 0 Å². The monoisotopic (exact) mass is 410 g/mol. The Labute approximate surface area is 175 Å². The maximum absolute atomic E-state index is 12.2. The standard InChI is InChI=1S/C22H26N4O4/c27-20-13-23-22(29)26(20)11-2-10-25(15-19-3-1-12-30-19)14-16-4-6-17(7-5-16)21(28)24-18-8-9-18/h1,3-7,12,18H,2,8-11,13-15H2,(H,23,29)(H,24,28). The van der Waals surface area contributed by atoms with E-state index in [1.807, 2.05) is 36.4 Å². The number of carbonyl (C=O) groups is 3. The van der Waals surface area contributed by atoms with Gasteiger partial charge in [-0.25, -0.2) is 4.79 Å². The molecule has 4 rings (SSSR count). The molecule has 1 aliphatic carbocycles. The lowest BCUT2D eigenvalue weighted by atomic mass is 10.1. The minimum atomic E-state index is -0.322. The molecule has 1 saturated heterocycles. The largest absolute Gasteiger partial charge is 0.468 e. The van der Waals surface area contributed by atoms with Gasteiger partial charge in [-0.15, -0.1) is 0 Å². The van der Waals surface area contributed by atoms with Gasteiger partial charge in [0.1, 0.15) is 5.76 Å². The number of amides is 4. The third-order valence-corrected chi connectivity index (χ3v) is 5.29. The summed E-state index contributed by atoms with van der Waals surface area (Å²) in [7, 11) is 0. The second-order valence-electron chi connectivity index (χ2n) is 7.79. The summed E-state index contributed by atoms with van der Waals surface area (Å²) in [5.41, 5.74) is 1.75. The van der Waals surface area contributed by atoms with E-state index in [0.717, 1.165) is 24.2 Å². The molecule has 2 aromatic rings. The number of urea groups is 1. The van der Waals surface area contributed by atoms with Crippen LogP contribution in [0.15, 0.2) is 47.1 Å². The topological polar surface area (TPSA) is 94.9 Å². The van der Waals surface area contributed by atoms with Gasteiger partial charge >= 0.3 is 6.03 Å². The van der Waals surface area contributed by atoms with Crippen molar-refractivity contribution in [1.29, 1.82) is 0 Å². The number of imide groups is 1. The van der Waals surface area contributed by atoms with Crippen LogP contribution in [0, 0.1) is 0 Å². The highest BCUT2D eigenvalue weighted by Crippen LogP contribution is 2.19. The first-order valence-electron chi connectivity index (χ1n) is 10.3. The van der Waals surface area contributed by atoms with Crippen LogP contribution in [0.2, 0.25) is 0 Å². The van der Waals surface area contributed by atoms with Crippen LogP contribution in [0.5, 0.6) is 0 Å². The number of furan rings is 1. The number of benzene rings is 1. The molecule has 0 unspecified atom stereocenters. The second-order valence-corrected chi connectivity index (χ2v) is 7.79. The van der Waals surface area contributed by atoms with Gasteiger partial charge in [0.2, 0.25) is 5.91 Å². The second kappa shape index (κ2) is 9.13. The van der Waals surface area contributed by atoms with Gasteiger partial charge in [0.15, 0.2) is 0 Å². The quantitative estimate of drug-likeness (QED) is 0.585. The summed E-state index contributed by atoms with van der Waals surface area (Å²) in [6, 6.07) is 11.4. The molecular weight excluding hydrogens is 384 g/mol. The van der Waals surface area contributed by atoms with Gasteiger partial charge in [0.05, 0.1) is 19.4 Å². The zero-order chi connectivity index (χ0) is 20.9. The van der Waals surface area contributed by atoms with Gasteiger partial charge < -0.3 is 15.1 Å². The van der Waals surface area contributed by atoms with E-state index in [9.17, 15) is 14.4 Å². The Morgan fingerprint density at radius 3 is 2.60 bits per heavy atom. The summed E-state index contributed by atoms with van der Waals surface area (Å²) < 4.78 is 5.49. The van der Waals surface area contributed by atoms with Crippen LogP contribution in [0.3, 0.4) is 0 Å². The fourth-order valence-electron chi connectivity index (χ4n) is 3.49. The Morgan fingerprint density at radius 2 is 1.97 bits per heavy atom. The van der Waals surface area contributed by atoms with E-state index in [1.54, 1.807) is 6.26 Å². The molecule has 2 N–H and O–H groups in total. The van der Waals surface area contributed by atoms with Gasteiger partial charge in [-0.3, -0.25) is 19.4 Å². The first-order valence-corrected chi connectivity index (χ1v) is 10.3. The van der Waals surface area contributed by atoms with E-state index in [4.69, 9.17) is 4.42 Å². The van der Waals surface area contributed by atoms with Crippen molar-refractivity contribution >= 4 is 17.8 Å². The van der Waals surface area contributed by atoms with Crippen LogP contribution in [-0.2, 0) is 17.9 Å². The van der Waals surface area contributed by atoms with E-state index in [0.29, 0.717) is 44.2 Å². The molecule has 4 amide bonds. The summed E-state index contributed by atoms with van der Waals surface area (Å²) in [6.45, 7) is 2.46. The molecule has 1 aromatic carbocycles. The van der Waals surface area contributed by atoms with Crippen molar-refractivity contribution in [2.75, 3.05) is 19.6 Å². The molecule has 8 nitrogen and oxygen atoms in total. The summed E-state index contributed by atoms with van der Waals surface area (Å²) in [5, 5.41) is 5.54. The first-order chi connectivity index (χ1) is 14.6. The summed E-state index contributed by atoms with van der Waals surface area (Å²) in [5.74, 6) is 0.646. The molecule has 8 heteroatoms. The Hall–Kier alpha value is -3.13. The number of nitrogens with one attached hydrogen (secondary N) is 2. The maximum Gasteiger partial charge on any atom is 0.324 e. The Kier molecular flexibility index (Phi) is 6.13. The van der Waals surface area contributed by atoms with Crippen molar-refractivity contribution < 1.29 is 18.8 Å². The van der Waals surface area contributed by atoms with E-state index < -0.39 is 0 Å². The lowest BCUT2D eigenvalue weighted by molar-refractivity contribution is -0.125. The van der Waals surface area contributed by atoms with E-state index in [2.05, 4.69) is 15.5 Å². The van der Waals surface area contributed by atoms with Crippen LogP contribution < -0.4 is 10.6 Å². The van der Waals surface area contributed by atoms with Crippen LogP contribution in [0.1, 0.15) is 40.9 Å². The highest BCUT2D eigenvalue weighted by molar-refractivity contribution is 6.01. The molecule has 0 radical (unpaired) electrons. The number of rotatable bonds is 10.